The van der Waals surface area contributed by atoms with E-state index >= 15 is 0 Å². The number of anilines is 1. The molecule has 27 heavy (non-hydrogen) atoms. The van der Waals surface area contributed by atoms with Crippen molar-refractivity contribution in [3.05, 3.63) is 42.0 Å². The molecule has 1 fully saturated rings. The van der Waals surface area contributed by atoms with Crippen molar-refractivity contribution < 1.29 is 4.79 Å². The van der Waals surface area contributed by atoms with E-state index in [1.165, 1.54) is 0 Å². The third kappa shape index (κ3) is 4.66. The molecule has 0 N–H and O–H groups in total. The lowest BCUT2D eigenvalue weighted by molar-refractivity contribution is -0.130. The van der Waals surface area contributed by atoms with Crippen LogP contribution in [-0.4, -0.2) is 71.2 Å². The van der Waals surface area contributed by atoms with E-state index in [9.17, 15) is 4.79 Å². The molecule has 0 spiro atoms. The van der Waals surface area contributed by atoms with E-state index in [4.69, 9.17) is 0 Å². The lowest BCUT2D eigenvalue weighted by atomic mass is 9.96. The van der Waals surface area contributed by atoms with E-state index in [2.05, 4.69) is 19.7 Å². The quantitative estimate of drug-likeness (QED) is 0.775. The van der Waals surface area contributed by atoms with Gasteiger partial charge in [-0.25, -0.2) is 0 Å². The third-order valence-electron chi connectivity index (χ3n) is 5.24. The molecule has 1 aromatic heterocycles. The number of likely N-dealkylation sites (tertiary alicyclic amines) is 1. The minimum absolute atomic E-state index is 0.186. The number of carbonyl (C=O) groups excluding carboxylic acids is 1. The molecular formula is C20H30N6O. The summed E-state index contributed by atoms with van der Waals surface area (Å²) in [5, 5.41) is 8.77. The van der Waals surface area contributed by atoms with Crippen LogP contribution in [-0.2, 0) is 18.4 Å². The summed E-state index contributed by atoms with van der Waals surface area (Å²) >= 11 is 0. The number of hydrogen-bond donors (Lipinski definition) is 0. The summed E-state index contributed by atoms with van der Waals surface area (Å²) in [5.74, 6) is 2.58. The maximum absolute atomic E-state index is 12.7. The summed E-state index contributed by atoms with van der Waals surface area (Å²) in [6.07, 6.45) is 1.88. The Morgan fingerprint density at radius 3 is 2.41 bits per heavy atom. The summed E-state index contributed by atoms with van der Waals surface area (Å²) in [6.45, 7) is 2.75. The molecule has 0 aliphatic carbocycles. The topological polar surface area (TPSA) is 57.5 Å². The van der Waals surface area contributed by atoms with E-state index < -0.39 is 0 Å². The average Bonchev–Trinajstić information content (AvgIpc) is 3.02. The molecule has 7 nitrogen and oxygen atoms in total. The standard InChI is InChI=1S/C20H30N6O/c1-23(2)14-18-21-22-20(25(18)4)16-10-12-26(13-11-16)19(27)15-24(3)17-8-6-5-7-9-17/h5-9,16H,10-15H2,1-4H3. The third-order valence-corrected chi connectivity index (χ3v) is 5.24. The van der Waals surface area contributed by atoms with Crippen molar-refractivity contribution in [1.29, 1.82) is 0 Å². The van der Waals surface area contributed by atoms with Crippen molar-refractivity contribution in [1.82, 2.24) is 24.6 Å². The zero-order valence-electron chi connectivity index (χ0n) is 16.8. The SMILES string of the molecule is CN(C)Cc1nnc(C2CCN(C(=O)CN(C)c3ccccc3)CC2)n1C. The number of likely N-dealkylation sites (N-methyl/N-ethyl adjacent to an activating group) is 1. The van der Waals surface area contributed by atoms with Crippen molar-refractivity contribution in [3.63, 3.8) is 0 Å². The first-order valence-electron chi connectivity index (χ1n) is 9.52. The van der Waals surface area contributed by atoms with Crippen LogP contribution in [0.15, 0.2) is 30.3 Å². The smallest absolute Gasteiger partial charge is 0.242 e. The summed E-state index contributed by atoms with van der Waals surface area (Å²) in [6, 6.07) is 10.0. The largest absolute Gasteiger partial charge is 0.365 e. The molecule has 2 heterocycles. The minimum Gasteiger partial charge on any atom is -0.365 e. The summed E-state index contributed by atoms with van der Waals surface area (Å²) < 4.78 is 2.12. The molecule has 7 heteroatoms. The highest BCUT2D eigenvalue weighted by Gasteiger charge is 2.27. The van der Waals surface area contributed by atoms with Gasteiger partial charge in [0.2, 0.25) is 5.91 Å². The van der Waals surface area contributed by atoms with Gasteiger partial charge in [0.1, 0.15) is 11.6 Å². The Labute approximate surface area is 161 Å². The monoisotopic (exact) mass is 370 g/mol. The van der Waals surface area contributed by atoms with E-state index in [1.54, 1.807) is 0 Å². The Morgan fingerprint density at radius 1 is 1.11 bits per heavy atom. The van der Waals surface area contributed by atoms with E-state index in [0.29, 0.717) is 12.5 Å². The average molecular weight is 371 g/mol. The molecule has 0 atom stereocenters. The number of rotatable bonds is 6. The summed E-state index contributed by atoms with van der Waals surface area (Å²) in [4.78, 5) is 18.7. The van der Waals surface area contributed by atoms with Crippen LogP contribution in [0.4, 0.5) is 5.69 Å². The molecule has 0 radical (unpaired) electrons. The predicted molar refractivity (Wildman–Crippen MR) is 107 cm³/mol. The van der Waals surface area contributed by atoms with Crippen LogP contribution in [0.5, 0.6) is 0 Å². The van der Waals surface area contributed by atoms with Gasteiger partial charge in [-0.3, -0.25) is 4.79 Å². The number of piperidine rings is 1. The Hall–Kier alpha value is -2.41. The number of aromatic nitrogens is 3. The second-order valence-electron chi connectivity index (χ2n) is 7.62. The molecule has 1 amide bonds. The highest BCUT2D eigenvalue weighted by molar-refractivity contribution is 5.81. The Bertz CT molecular complexity index is 749. The van der Waals surface area contributed by atoms with Gasteiger partial charge in [-0.1, -0.05) is 18.2 Å². The van der Waals surface area contributed by atoms with Gasteiger partial charge in [0.05, 0.1) is 13.1 Å². The first kappa shape index (κ1) is 19.4. The van der Waals surface area contributed by atoms with Gasteiger partial charge >= 0.3 is 0 Å². The Kier molecular flexibility index (Phi) is 6.11. The van der Waals surface area contributed by atoms with Crippen LogP contribution in [0, 0.1) is 0 Å². The molecule has 1 saturated heterocycles. The summed E-state index contributed by atoms with van der Waals surface area (Å²) in [5.41, 5.74) is 1.06. The number of amides is 1. The van der Waals surface area contributed by atoms with Crippen LogP contribution in [0.2, 0.25) is 0 Å². The highest BCUT2D eigenvalue weighted by atomic mass is 16.2. The van der Waals surface area contributed by atoms with Gasteiger partial charge < -0.3 is 19.3 Å². The van der Waals surface area contributed by atoms with Crippen molar-refractivity contribution in [2.45, 2.75) is 25.3 Å². The van der Waals surface area contributed by atoms with Crippen molar-refractivity contribution in [2.24, 2.45) is 7.05 Å². The number of para-hydroxylation sites is 1. The number of nitrogens with zero attached hydrogens (tertiary/aromatic N) is 6. The molecule has 0 saturated carbocycles. The van der Waals surface area contributed by atoms with E-state index in [0.717, 1.165) is 49.8 Å². The van der Waals surface area contributed by atoms with E-state index in [-0.39, 0.29) is 5.91 Å². The molecule has 2 aromatic rings. The molecule has 0 bridgehead atoms. The van der Waals surface area contributed by atoms with Gasteiger partial charge in [-0.05, 0) is 39.1 Å². The molecule has 1 aliphatic rings. The fraction of sp³-hybridized carbons (Fsp3) is 0.550. The molecule has 1 aromatic carbocycles. The zero-order chi connectivity index (χ0) is 19.4. The van der Waals surface area contributed by atoms with Crippen molar-refractivity contribution in [2.75, 3.05) is 45.7 Å². The molecule has 3 rings (SSSR count). The van der Waals surface area contributed by atoms with E-state index in [1.807, 2.05) is 68.3 Å². The van der Waals surface area contributed by atoms with Gasteiger partial charge in [0.25, 0.3) is 0 Å². The fourth-order valence-electron chi connectivity index (χ4n) is 3.62. The number of benzene rings is 1. The lowest BCUT2D eigenvalue weighted by Gasteiger charge is -2.33. The van der Waals surface area contributed by atoms with Crippen LogP contribution >= 0.6 is 0 Å². The van der Waals surface area contributed by atoms with Crippen LogP contribution in [0.1, 0.15) is 30.4 Å². The van der Waals surface area contributed by atoms with Gasteiger partial charge in [-0.15, -0.1) is 10.2 Å². The normalized spacial score (nSPS) is 15.4. The first-order chi connectivity index (χ1) is 13.0. The van der Waals surface area contributed by atoms with Crippen LogP contribution in [0.3, 0.4) is 0 Å². The highest BCUT2D eigenvalue weighted by Crippen LogP contribution is 2.27. The van der Waals surface area contributed by atoms with Gasteiger partial charge in [0, 0.05) is 38.8 Å². The fourth-order valence-corrected chi connectivity index (χ4v) is 3.62. The van der Waals surface area contributed by atoms with Crippen LogP contribution < -0.4 is 4.90 Å². The van der Waals surface area contributed by atoms with Gasteiger partial charge in [0.15, 0.2) is 0 Å². The van der Waals surface area contributed by atoms with Gasteiger partial charge in [-0.2, -0.15) is 0 Å². The van der Waals surface area contributed by atoms with Crippen molar-refractivity contribution in [3.8, 4) is 0 Å². The number of carbonyl (C=O) groups is 1. The molecule has 146 valence electrons. The Balaban J connectivity index is 1.54. The second kappa shape index (κ2) is 8.52. The van der Waals surface area contributed by atoms with Crippen molar-refractivity contribution >= 4 is 11.6 Å². The summed E-state index contributed by atoms with van der Waals surface area (Å²) in [7, 11) is 8.07. The lowest BCUT2D eigenvalue weighted by Crippen LogP contribution is -2.43. The minimum atomic E-state index is 0.186. The second-order valence-corrected chi connectivity index (χ2v) is 7.62. The Morgan fingerprint density at radius 2 is 1.78 bits per heavy atom. The molecule has 1 aliphatic heterocycles. The molecular weight excluding hydrogens is 340 g/mol. The first-order valence-corrected chi connectivity index (χ1v) is 9.52. The maximum atomic E-state index is 12.7. The number of hydrogen-bond acceptors (Lipinski definition) is 5. The zero-order valence-corrected chi connectivity index (χ0v) is 16.8. The predicted octanol–water partition coefficient (Wildman–Crippen LogP) is 1.72. The molecule has 0 unspecified atom stereocenters. The van der Waals surface area contributed by atoms with Crippen LogP contribution in [0.25, 0.3) is 0 Å². The maximum Gasteiger partial charge on any atom is 0.242 e.